The number of hydrogen-bond donors (Lipinski definition) is 1. The molecule has 118 valence electrons. The van der Waals surface area contributed by atoms with Crippen LogP contribution < -0.4 is 10.5 Å². The Bertz CT molecular complexity index is 603. The van der Waals surface area contributed by atoms with Crippen LogP contribution in [0.5, 0.6) is 5.75 Å². The fourth-order valence-electron chi connectivity index (χ4n) is 2.69. The lowest BCUT2D eigenvalue weighted by atomic mass is 10.2. The van der Waals surface area contributed by atoms with E-state index >= 15 is 0 Å². The monoisotopic (exact) mass is 313 g/mol. The lowest BCUT2D eigenvalue weighted by molar-refractivity contribution is 0.135. The van der Waals surface area contributed by atoms with Crippen molar-refractivity contribution in [3.8, 4) is 5.75 Å². The summed E-state index contributed by atoms with van der Waals surface area (Å²) in [6, 6.07) is 4.85. The van der Waals surface area contributed by atoms with Crippen LogP contribution in [0.4, 0.5) is 5.69 Å². The molecular formula is C14H23N3O3S. The number of nitrogens with two attached hydrogens (primary N) is 1. The van der Waals surface area contributed by atoms with Gasteiger partial charge in [0.2, 0.25) is 10.0 Å². The highest BCUT2D eigenvalue weighted by Gasteiger charge is 2.33. The van der Waals surface area contributed by atoms with E-state index in [0.29, 0.717) is 24.5 Å². The molecule has 1 aromatic carbocycles. The van der Waals surface area contributed by atoms with E-state index in [1.165, 1.54) is 17.5 Å². The van der Waals surface area contributed by atoms with Crippen LogP contribution in [0.3, 0.4) is 0 Å². The predicted molar refractivity (Wildman–Crippen MR) is 82.9 cm³/mol. The molecule has 1 heterocycles. The first-order valence-corrected chi connectivity index (χ1v) is 8.51. The number of methoxy groups -OCH3 is 1. The summed E-state index contributed by atoms with van der Waals surface area (Å²) in [5.74, 6) is 0.292. The number of nitrogen functional groups attached to an aromatic ring is 1. The molecule has 1 saturated heterocycles. The maximum atomic E-state index is 12.8. The number of hydrogen-bond acceptors (Lipinski definition) is 5. The van der Waals surface area contributed by atoms with Gasteiger partial charge in [0, 0.05) is 37.4 Å². The molecule has 0 amide bonds. The van der Waals surface area contributed by atoms with Crippen LogP contribution in [0.2, 0.25) is 0 Å². The summed E-state index contributed by atoms with van der Waals surface area (Å²) in [6.07, 6.45) is 0. The van der Waals surface area contributed by atoms with Crippen LogP contribution in [0.15, 0.2) is 23.1 Å². The van der Waals surface area contributed by atoms with E-state index in [1.54, 1.807) is 12.1 Å². The van der Waals surface area contributed by atoms with Crippen molar-refractivity contribution in [2.45, 2.75) is 24.8 Å². The Hall–Kier alpha value is -1.31. The van der Waals surface area contributed by atoms with E-state index in [0.717, 1.165) is 13.1 Å². The standard InChI is InChI=1S/C14H23N3O3S/c1-4-16-7-8-17(10-11(16)2)21(18,19)14-6-5-12(15)9-13(14)20-3/h5-6,9,11H,4,7-8,10,15H2,1-3H3. The zero-order valence-corrected chi connectivity index (χ0v) is 13.6. The molecule has 21 heavy (non-hydrogen) atoms. The van der Waals surface area contributed by atoms with Crippen LogP contribution in [-0.2, 0) is 10.0 Å². The molecular weight excluding hydrogens is 290 g/mol. The largest absolute Gasteiger partial charge is 0.495 e. The van der Waals surface area contributed by atoms with E-state index in [2.05, 4.69) is 11.8 Å². The van der Waals surface area contributed by atoms with Crippen molar-refractivity contribution in [1.29, 1.82) is 0 Å². The van der Waals surface area contributed by atoms with Gasteiger partial charge in [0.05, 0.1) is 7.11 Å². The summed E-state index contributed by atoms with van der Waals surface area (Å²) < 4.78 is 32.3. The van der Waals surface area contributed by atoms with Crippen molar-refractivity contribution in [1.82, 2.24) is 9.21 Å². The first-order valence-electron chi connectivity index (χ1n) is 7.07. The van der Waals surface area contributed by atoms with Gasteiger partial charge in [-0.05, 0) is 25.6 Å². The van der Waals surface area contributed by atoms with Crippen LogP contribution in [-0.4, -0.2) is 57.0 Å². The van der Waals surface area contributed by atoms with Crippen molar-refractivity contribution in [2.75, 3.05) is 39.0 Å². The van der Waals surface area contributed by atoms with E-state index in [9.17, 15) is 8.42 Å². The summed E-state index contributed by atoms with van der Waals surface area (Å²) in [4.78, 5) is 2.45. The molecule has 0 radical (unpaired) electrons. The molecule has 0 aromatic heterocycles. The van der Waals surface area contributed by atoms with Crippen molar-refractivity contribution in [3.63, 3.8) is 0 Å². The first kappa shape index (κ1) is 16.1. The fraction of sp³-hybridized carbons (Fsp3) is 0.571. The Kier molecular flexibility index (Phi) is 4.75. The average molecular weight is 313 g/mol. The fourth-order valence-corrected chi connectivity index (χ4v) is 4.33. The third-order valence-electron chi connectivity index (χ3n) is 3.94. The number of nitrogens with zero attached hydrogens (tertiary/aromatic N) is 2. The van der Waals surface area contributed by atoms with E-state index < -0.39 is 10.0 Å². The molecule has 1 unspecified atom stereocenters. The van der Waals surface area contributed by atoms with Crippen molar-refractivity contribution in [3.05, 3.63) is 18.2 Å². The molecule has 6 nitrogen and oxygen atoms in total. The Labute approximate surface area is 126 Å². The molecule has 1 aliphatic heterocycles. The minimum absolute atomic E-state index is 0.177. The number of anilines is 1. The Morgan fingerprint density at radius 2 is 2.10 bits per heavy atom. The lowest BCUT2D eigenvalue weighted by Gasteiger charge is -2.38. The molecule has 0 saturated carbocycles. The maximum absolute atomic E-state index is 12.8. The average Bonchev–Trinajstić information content (AvgIpc) is 2.46. The highest BCUT2D eigenvalue weighted by Crippen LogP contribution is 2.29. The zero-order valence-electron chi connectivity index (χ0n) is 12.7. The Balaban J connectivity index is 2.31. The van der Waals surface area contributed by atoms with Gasteiger partial charge in [0.15, 0.2) is 0 Å². The first-order chi connectivity index (χ1) is 9.90. The van der Waals surface area contributed by atoms with Crippen molar-refractivity contribution >= 4 is 15.7 Å². The second kappa shape index (κ2) is 6.21. The highest BCUT2D eigenvalue weighted by molar-refractivity contribution is 7.89. The molecule has 1 aromatic rings. The molecule has 0 spiro atoms. The third kappa shape index (κ3) is 3.14. The molecule has 1 aliphatic rings. The minimum Gasteiger partial charge on any atom is -0.495 e. The summed E-state index contributed by atoms with van der Waals surface area (Å²) in [6.45, 7) is 6.79. The van der Waals surface area contributed by atoms with Gasteiger partial charge in [-0.1, -0.05) is 6.92 Å². The third-order valence-corrected chi connectivity index (χ3v) is 5.84. The number of rotatable bonds is 4. The number of sulfonamides is 1. The van der Waals surface area contributed by atoms with Gasteiger partial charge in [-0.3, -0.25) is 4.90 Å². The van der Waals surface area contributed by atoms with Gasteiger partial charge >= 0.3 is 0 Å². The molecule has 2 N–H and O–H groups in total. The number of ether oxygens (including phenoxy) is 1. The quantitative estimate of drug-likeness (QED) is 0.839. The second-order valence-corrected chi connectivity index (χ2v) is 7.16. The normalized spacial score (nSPS) is 21.4. The SMILES string of the molecule is CCN1CCN(S(=O)(=O)c2ccc(N)cc2OC)CC1C. The van der Waals surface area contributed by atoms with E-state index in [4.69, 9.17) is 10.5 Å². The minimum atomic E-state index is -3.56. The molecule has 0 bridgehead atoms. The summed E-state index contributed by atoms with van der Waals surface area (Å²) >= 11 is 0. The Morgan fingerprint density at radius 1 is 1.38 bits per heavy atom. The number of benzene rings is 1. The molecule has 1 fully saturated rings. The number of piperazine rings is 1. The van der Waals surface area contributed by atoms with Gasteiger partial charge in [-0.15, -0.1) is 0 Å². The van der Waals surface area contributed by atoms with Crippen LogP contribution in [0, 0.1) is 0 Å². The predicted octanol–water partition coefficient (Wildman–Crippen LogP) is 0.992. The van der Waals surface area contributed by atoms with Crippen molar-refractivity contribution in [2.24, 2.45) is 0 Å². The van der Waals surface area contributed by atoms with Gasteiger partial charge in [-0.25, -0.2) is 8.42 Å². The van der Waals surface area contributed by atoms with Gasteiger partial charge in [0.25, 0.3) is 0 Å². The summed E-state index contributed by atoms with van der Waals surface area (Å²) in [7, 11) is -2.11. The zero-order chi connectivity index (χ0) is 15.6. The van der Waals surface area contributed by atoms with Crippen molar-refractivity contribution < 1.29 is 13.2 Å². The topological polar surface area (TPSA) is 75.9 Å². The molecule has 0 aliphatic carbocycles. The smallest absolute Gasteiger partial charge is 0.246 e. The van der Waals surface area contributed by atoms with Gasteiger partial charge in [0.1, 0.15) is 10.6 Å². The molecule has 1 atom stereocenters. The van der Waals surface area contributed by atoms with E-state index in [-0.39, 0.29) is 10.9 Å². The lowest BCUT2D eigenvalue weighted by Crippen LogP contribution is -2.53. The summed E-state index contributed by atoms with van der Waals surface area (Å²) in [5, 5.41) is 0. The highest BCUT2D eigenvalue weighted by atomic mass is 32.2. The van der Waals surface area contributed by atoms with Gasteiger partial charge < -0.3 is 10.5 Å². The van der Waals surface area contributed by atoms with E-state index in [1.807, 2.05) is 6.92 Å². The molecule has 7 heteroatoms. The Morgan fingerprint density at radius 3 is 2.67 bits per heavy atom. The van der Waals surface area contributed by atoms with Crippen LogP contribution >= 0.6 is 0 Å². The number of likely N-dealkylation sites (N-methyl/N-ethyl adjacent to an activating group) is 1. The summed E-state index contributed by atoms with van der Waals surface area (Å²) in [5.41, 5.74) is 6.17. The van der Waals surface area contributed by atoms with Crippen LogP contribution in [0.25, 0.3) is 0 Å². The molecule has 2 rings (SSSR count). The van der Waals surface area contributed by atoms with Gasteiger partial charge in [-0.2, -0.15) is 4.31 Å². The second-order valence-electron chi connectivity index (χ2n) is 5.25. The maximum Gasteiger partial charge on any atom is 0.246 e. The van der Waals surface area contributed by atoms with Crippen LogP contribution in [0.1, 0.15) is 13.8 Å².